The summed E-state index contributed by atoms with van der Waals surface area (Å²) in [6.07, 6.45) is 2.27. The third kappa shape index (κ3) is 1.92. The molecule has 13 heavy (non-hydrogen) atoms. The van der Waals surface area contributed by atoms with Gasteiger partial charge >= 0.3 is 0 Å². The number of hydrogen-bond acceptors (Lipinski definition) is 1. The van der Waals surface area contributed by atoms with E-state index in [0.29, 0.717) is 11.5 Å². The number of rotatable bonds is 2. The first kappa shape index (κ1) is 9.16. The first-order valence-electron chi connectivity index (χ1n) is 4.39. The largest absolute Gasteiger partial charge is 0.324 e. The number of nitrogens with two attached hydrogens (primary N) is 1. The van der Waals surface area contributed by atoms with Crippen molar-refractivity contribution in [3.63, 3.8) is 0 Å². The maximum atomic E-state index is 13.4. The van der Waals surface area contributed by atoms with E-state index in [1.165, 1.54) is 6.07 Å². The van der Waals surface area contributed by atoms with Crippen LogP contribution in [0.5, 0.6) is 0 Å². The van der Waals surface area contributed by atoms with E-state index < -0.39 is 0 Å². The lowest BCUT2D eigenvalue weighted by atomic mass is 10.0. The fourth-order valence-corrected chi connectivity index (χ4v) is 1.81. The molecule has 1 aliphatic rings. The topological polar surface area (TPSA) is 26.0 Å². The van der Waals surface area contributed by atoms with Crippen molar-refractivity contribution in [2.24, 2.45) is 11.7 Å². The second-order valence-electron chi connectivity index (χ2n) is 3.53. The molecule has 0 bridgehead atoms. The Morgan fingerprint density at radius 1 is 1.46 bits per heavy atom. The Bertz CT molecular complexity index is 323. The second-order valence-corrected chi connectivity index (χ2v) is 4.44. The molecule has 1 fully saturated rings. The van der Waals surface area contributed by atoms with Gasteiger partial charge in [0, 0.05) is 16.1 Å². The molecule has 1 nitrogen and oxygen atoms in total. The zero-order valence-electron chi connectivity index (χ0n) is 7.13. The van der Waals surface area contributed by atoms with Crippen molar-refractivity contribution in [2.45, 2.75) is 18.9 Å². The van der Waals surface area contributed by atoms with Gasteiger partial charge in [0.05, 0.1) is 0 Å². The van der Waals surface area contributed by atoms with Crippen molar-refractivity contribution in [1.29, 1.82) is 0 Å². The summed E-state index contributed by atoms with van der Waals surface area (Å²) in [5.41, 5.74) is 6.54. The highest BCUT2D eigenvalue weighted by Crippen LogP contribution is 2.40. The summed E-state index contributed by atoms with van der Waals surface area (Å²) in [5, 5.41) is 0. The zero-order chi connectivity index (χ0) is 9.42. The summed E-state index contributed by atoms with van der Waals surface area (Å²) in [7, 11) is 0. The molecule has 0 aliphatic heterocycles. The molecule has 0 radical (unpaired) electrons. The lowest BCUT2D eigenvalue weighted by Gasteiger charge is -2.11. The second kappa shape index (κ2) is 3.39. The third-order valence-corrected chi connectivity index (χ3v) is 2.94. The highest BCUT2D eigenvalue weighted by atomic mass is 79.9. The van der Waals surface area contributed by atoms with Crippen LogP contribution in [0.3, 0.4) is 0 Å². The van der Waals surface area contributed by atoms with Gasteiger partial charge in [-0.25, -0.2) is 4.39 Å². The highest BCUT2D eigenvalue weighted by Gasteiger charge is 2.30. The van der Waals surface area contributed by atoms with E-state index in [1.807, 2.05) is 6.07 Å². The molecule has 1 aromatic carbocycles. The quantitative estimate of drug-likeness (QED) is 0.850. The molecule has 0 unspecified atom stereocenters. The average molecular weight is 244 g/mol. The number of halogens is 2. The summed E-state index contributed by atoms with van der Waals surface area (Å²) in [6, 6.07) is 4.95. The summed E-state index contributed by atoms with van der Waals surface area (Å²) in [5.74, 6) is 0.296. The van der Waals surface area contributed by atoms with Crippen molar-refractivity contribution in [3.05, 3.63) is 34.1 Å². The average Bonchev–Trinajstić information content (AvgIpc) is 2.85. The molecule has 0 aromatic heterocycles. The van der Waals surface area contributed by atoms with Gasteiger partial charge in [-0.05, 0) is 30.9 Å². The Labute approximate surface area is 85.3 Å². The van der Waals surface area contributed by atoms with Gasteiger partial charge in [-0.3, -0.25) is 0 Å². The first-order chi connectivity index (χ1) is 6.18. The van der Waals surface area contributed by atoms with Gasteiger partial charge < -0.3 is 5.73 Å². The summed E-state index contributed by atoms with van der Waals surface area (Å²) in [4.78, 5) is 0. The van der Waals surface area contributed by atoms with Crippen LogP contribution in [0, 0.1) is 11.7 Å². The molecule has 2 rings (SSSR count). The molecule has 70 valence electrons. The molecule has 1 aromatic rings. The van der Waals surface area contributed by atoms with Crippen molar-refractivity contribution < 1.29 is 4.39 Å². The molecular weight excluding hydrogens is 233 g/mol. The minimum absolute atomic E-state index is 0.118. The van der Waals surface area contributed by atoms with Gasteiger partial charge in [0.25, 0.3) is 0 Å². The molecule has 1 aliphatic carbocycles. The van der Waals surface area contributed by atoms with Crippen LogP contribution in [-0.4, -0.2) is 0 Å². The van der Waals surface area contributed by atoms with E-state index in [0.717, 1.165) is 17.3 Å². The Kier molecular flexibility index (Phi) is 2.39. The summed E-state index contributed by atoms with van der Waals surface area (Å²) < 4.78 is 14.1. The van der Waals surface area contributed by atoms with Gasteiger partial charge in [0.2, 0.25) is 0 Å². The van der Waals surface area contributed by atoms with Gasteiger partial charge in [0.15, 0.2) is 0 Å². The highest BCUT2D eigenvalue weighted by molar-refractivity contribution is 9.10. The minimum Gasteiger partial charge on any atom is -0.324 e. The van der Waals surface area contributed by atoms with E-state index in [9.17, 15) is 4.39 Å². The van der Waals surface area contributed by atoms with Crippen LogP contribution >= 0.6 is 15.9 Å². The Morgan fingerprint density at radius 3 is 2.69 bits per heavy atom. The standard InChI is InChI=1S/C10H11BrFN/c11-7-3-4-8(9(12)5-7)10(13)6-1-2-6/h3-6,10H,1-2,13H2/t10-/m0/s1. The smallest absolute Gasteiger partial charge is 0.129 e. The van der Waals surface area contributed by atoms with Gasteiger partial charge in [-0.15, -0.1) is 0 Å². The van der Waals surface area contributed by atoms with Crippen LogP contribution in [0.4, 0.5) is 4.39 Å². The Hall–Kier alpha value is -0.410. The van der Waals surface area contributed by atoms with E-state index in [2.05, 4.69) is 15.9 Å². The zero-order valence-corrected chi connectivity index (χ0v) is 8.72. The van der Waals surface area contributed by atoms with Crippen LogP contribution in [0.2, 0.25) is 0 Å². The van der Waals surface area contributed by atoms with Gasteiger partial charge in [0.1, 0.15) is 5.82 Å². The van der Waals surface area contributed by atoms with Crippen molar-refractivity contribution >= 4 is 15.9 Å². The molecule has 0 amide bonds. The maximum Gasteiger partial charge on any atom is 0.129 e. The predicted octanol–water partition coefficient (Wildman–Crippen LogP) is 3.00. The molecule has 1 saturated carbocycles. The van der Waals surface area contributed by atoms with E-state index in [1.54, 1.807) is 6.07 Å². The molecule has 0 saturated heterocycles. The molecule has 3 heteroatoms. The van der Waals surface area contributed by atoms with Crippen LogP contribution < -0.4 is 5.73 Å². The lowest BCUT2D eigenvalue weighted by molar-refractivity contribution is 0.553. The van der Waals surface area contributed by atoms with Gasteiger partial charge in [-0.2, -0.15) is 0 Å². The first-order valence-corrected chi connectivity index (χ1v) is 5.18. The fraction of sp³-hybridized carbons (Fsp3) is 0.400. The van der Waals surface area contributed by atoms with Crippen LogP contribution in [0.25, 0.3) is 0 Å². The lowest BCUT2D eigenvalue weighted by Crippen LogP contribution is -2.13. The van der Waals surface area contributed by atoms with Crippen molar-refractivity contribution in [1.82, 2.24) is 0 Å². The maximum absolute atomic E-state index is 13.4. The van der Waals surface area contributed by atoms with Crippen LogP contribution in [-0.2, 0) is 0 Å². The molecular formula is C10H11BrFN. The summed E-state index contributed by atoms with van der Waals surface area (Å²) in [6.45, 7) is 0. The van der Waals surface area contributed by atoms with Crippen LogP contribution in [0.1, 0.15) is 24.4 Å². The molecule has 0 heterocycles. The molecule has 2 N–H and O–H groups in total. The SMILES string of the molecule is N[C@H](c1ccc(Br)cc1F)C1CC1. The number of hydrogen-bond donors (Lipinski definition) is 1. The Balaban J connectivity index is 2.28. The summed E-state index contributed by atoms with van der Waals surface area (Å²) >= 11 is 3.22. The Morgan fingerprint density at radius 2 is 2.15 bits per heavy atom. The molecule has 0 spiro atoms. The third-order valence-electron chi connectivity index (χ3n) is 2.45. The van der Waals surface area contributed by atoms with Crippen molar-refractivity contribution in [2.75, 3.05) is 0 Å². The van der Waals surface area contributed by atoms with E-state index in [4.69, 9.17) is 5.73 Å². The normalized spacial score (nSPS) is 18.7. The minimum atomic E-state index is -0.200. The van der Waals surface area contributed by atoms with E-state index in [-0.39, 0.29) is 11.9 Å². The monoisotopic (exact) mass is 243 g/mol. The number of benzene rings is 1. The van der Waals surface area contributed by atoms with Crippen molar-refractivity contribution in [3.8, 4) is 0 Å². The fourth-order valence-electron chi connectivity index (χ4n) is 1.48. The van der Waals surface area contributed by atoms with Gasteiger partial charge in [-0.1, -0.05) is 22.0 Å². The molecule has 1 atom stereocenters. The predicted molar refractivity (Wildman–Crippen MR) is 53.8 cm³/mol. The van der Waals surface area contributed by atoms with E-state index >= 15 is 0 Å². The van der Waals surface area contributed by atoms with Crippen LogP contribution in [0.15, 0.2) is 22.7 Å².